The topological polar surface area (TPSA) is 21.3 Å². The summed E-state index contributed by atoms with van der Waals surface area (Å²) in [7, 11) is 1.75. The van der Waals surface area contributed by atoms with Crippen LogP contribution in [-0.4, -0.2) is 7.05 Å². The molecule has 1 N–H and O–H groups in total. The first-order valence-corrected chi connectivity index (χ1v) is 6.04. The fourth-order valence-electron chi connectivity index (χ4n) is 1.64. The summed E-state index contributed by atoms with van der Waals surface area (Å²) < 4.78 is 31.8. The lowest BCUT2D eigenvalue weighted by atomic mass is 10.2. The molecule has 0 radical (unpaired) electrons. The number of benzene rings is 2. The van der Waals surface area contributed by atoms with Crippen LogP contribution in [-0.2, 0) is 6.54 Å². The molecule has 0 amide bonds. The van der Waals surface area contributed by atoms with Crippen LogP contribution in [0.5, 0.6) is 11.5 Å². The van der Waals surface area contributed by atoms with Crippen molar-refractivity contribution in [2.75, 3.05) is 7.05 Å². The molecule has 2 aromatic rings. The van der Waals surface area contributed by atoms with E-state index in [0.29, 0.717) is 23.6 Å². The normalized spacial score (nSPS) is 10.0. The molecule has 0 heterocycles. The van der Waals surface area contributed by atoms with Gasteiger partial charge in [-0.2, -0.15) is 0 Å². The molecule has 2 rings (SSSR count). The Balaban J connectivity index is 0.00000200. The van der Waals surface area contributed by atoms with E-state index in [1.54, 1.807) is 7.05 Å². The second-order valence-corrected chi connectivity index (χ2v) is 4.37. The Bertz CT molecular complexity index is 593. The smallest absolute Gasteiger partial charge is 0.142 e. The predicted molar refractivity (Wildman–Crippen MR) is 77.9 cm³/mol. The van der Waals surface area contributed by atoms with Crippen molar-refractivity contribution in [3.8, 4) is 11.5 Å². The Morgan fingerprint density at radius 3 is 2.55 bits per heavy atom. The van der Waals surface area contributed by atoms with Gasteiger partial charge in [0.2, 0.25) is 0 Å². The van der Waals surface area contributed by atoms with E-state index in [-0.39, 0.29) is 23.2 Å². The number of hydrogen-bond donors (Lipinski definition) is 1. The van der Waals surface area contributed by atoms with Gasteiger partial charge in [-0.15, -0.1) is 12.4 Å². The lowest BCUT2D eigenvalue weighted by Crippen LogP contribution is -2.06. The third kappa shape index (κ3) is 4.07. The van der Waals surface area contributed by atoms with Crippen LogP contribution in [0.15, 0.2) is 36.4 Å². The fraction of sp³-hybridized carbons (Fsp3) is 0.143. The number of nitrogens with one attached hydrogen (secondary N) is 1. The molecule has 2 aromatic carbocycles. The van der Waals surface area contributed by atoms with E-state index in [1.807, 2.05) is 0 Å². The molecule has 0 fully saturated rings. The van der Waals surface area contributed by atoms with Crippen molar-refractivity contribution in [2.24, 2.45) is 0 Å². The van der Waals surface area contributed by atoms with Gasteiger partial charge in [-0.25, -0.2) is 8.78 Å². The predicted octanol–water partition coefficient (Wildman–Crippen LogP) is 4.55. The maximum atomic E-state index is 13.2. The second kappa shape index (κ2) is 7.43. The van der Waals surface area contributed by atoms with Crippen molar-refractivity contribution in [3.05, 3.63) is 58.6 Å². The molecule has 0 saturated carbocycles. The van der Waals surface area contributed by atoms with E-state index < -0.39 is 5.82 Å². The number of rotatable bonds is 4. The molecule has 108 valence electrons. The van der Waals surface area contributed by atoms with Gasteiger partial charge >= 0.3 is 0 Å². The summed E-state index contributed by atoms with van der Waals surface area (Å²) >= 11 is 5.68. The molecule has 0 spiro atoms. The Hall–Kier alpha value is -1.36. The van der Waals surface area contributed by atoms with E-state index in [1.165, 1.54) is 36.4 Å². The Labute approximate surface area is 127 Å². The monoisotopic (exact) mass is 319 g/mol. The quantitative estimate of drug-likeness (QED) is 0.892. The summed E-state index contributed by atoms with van der Waals surface area (Å²) in [5.41, 5.74) is 0.669. The van der Waals surface area contributed by atoms with Crippen molar-refractivity contribution in [1.82, 2.24) is 5.32 Å². The van der Waals surface area contributed by atoms with Crippen LogP contribution in [0.1, 0.15) is 5.56 Å². The minimum Gasteiger partial charge on any atom is -0.457 e. The van der Waals surface area contributed by atoms with Gasteiger partial charge in [0.1, 0.15) is 23.1 Å². The van der Waals surface area contributed by atoms with E-state index in [2.05, 4.69) is 5.32 Å². The molecule has 0 aliphatic carbocycles. The third-order valence-electron chi connectivity index (χ3n) is 2.51. The van der Waals surface area contributed by atoms with E-state index >= 15 is 0 Å². The Morgan fingerprint density at radius 1 is 1.15 bits per heavy atom. The first-order chi connectivity index (χ1) is 9.10. The van der Waals surface area contributed by atoms with Crippen LogP contribution < -0.4 is 10.1 Å². The SMILES string of the molecule is CNCc1cc(F)ccc1Oc1ccc(F)c(Cl)c1.Cl. The molecule has 0 aliphatic heterocycles. The lowest BCUT2D eigenvalue weighted by Gasteiger charge is -2.11. The van der Waals surface area contributed by atoms with Crippen molar-refractivity contribution >= 4 is 24.0 Å². The van der Waals surface area contributed by atoms with Crippen LogP contribution in [0.2, 0.25) is 5.02 Å². The highest BCUT2D eigenvalue weighted by molar-refractivity contribution is 6.30. The molecule has 0 atom stereocenters. The zero-order chi connectivity index (χ0) is 13.8. The molecular weight excluding hydrogens is 307 g/mol. The van der Waals surface area contributed by atoms with E-state index in [0.717, 1.165) is 0 Å². The highest BCUT2D eigenvalue weighted by Crippen LogP contribution is 2.28. The van der Waals surface area contributed by atoms with Crippen LogP contribution in [0.25, 0.3) is 0 Å². The molecule has 6 heteroatoms. The van der Waals surface area contributed by atoms with Crippen molar-refractivity contribution in [2.45, 2.75) is 6.54 Å². The van der Waals surface area contributed by atoms with Crippen molar-refractivity contribution in [3.63, 3.8) is 0 Å². The van der Waals surface area contributed by atoms with E-state index in [4.69, 9.17) is 16.3 Å². The van der Waals surface area contributed by atoms with Gasteiger partial charge in [0.25, 0.3) is 0 Å². The highest BCUT2D eigenvalue weighted by atomic mass is 35.5. The maximum Gasteiger partial charge on any atom is 0.142 e. The van der Waals surface area contributed by atoms with Gasteiger partial charge in [-0.05, 0) is 37.4 Å². The molecule has 0 aromatic heterocycles. The number of ether oxygens (including phenoxy) is 1. The summed E-state index contributed by atoms with van der Waals surface area (Å²) in [6.07, 6.45) is 0. The zero-order valence-corrected chi connectivity index (χ0v) is 12.2. The summed E-state index contributed by atoms with van der Waals surface area (Å²) in [5, 5.41) is 2.91. The van der Waals surface area contributed by atoms with Gasteiger partial charge in [0, 0.05) is 18.2 Å². The zero-order valence-electron chi connectivity index (χ0n) is 10.6. The maximum absolute atomic E-state index is 13.2. The minimum absolute atomic E-state index is 0. The molecular formula is C14H13Cl2F2NO. The minimum atomic E-state index is -0.511. The van der Waals surface area contributed by atoms with Gasteiger partial charge in [-0.1, -0.05) is 11.6 Å². The largest absolute Gasteiger partial charge is 0.457 e. The number of hydrogen-bond acceptors (Lipinski definition) is 2. The van der Waals surface area contributed by atoms with Gasteiger partial charge in [0.15, 0.2) is 0 Å². The van der Waals surface area contributed by atoms with Crippen LogP contribution in [0, 0.1) is 11.6 Å². The molecule has 2 nitrogen and oxygen atoms in total. The van der Waals surface area contributed by atoms with Gasteiger partial charge in [-0.3, -0.25) is 0 Å². The summed E-state index contributed by atoms with van der Waals surface area (Å²) in [4.78, 5) is 0. The molecule has 0 bridgehead atoms. The summed E-state index contributed by atoms with van der Waals surface area (Å²) in [5.74, 6) is 0.0482. The molecule has 0 unspecified atom stereocenters. The molecule has 0 aliphatic rings. The molecule has 0 saturated heterocycles. The molecule has 20 heavy (non-hydrogen) atoms. The summed E-state index contributed by atoms with van der Waals surface area (Å²) in [6, 6.07) is 8.28. The number of halogens is 4. The van der Waals surface area contributed by atoms with Crippen LogP contribution >= 0.6 is 24.0 Å². The Kier molecular flexibility index (Phi) is 6.20. The van der Waals surface area contributed by atoms with Crippen molar-refractivity contribution < 1.29 is 13.5 Å². The standard InChI is InChI=1S/C14H12ClF2NO.ClH/c1-18-8-9-6-10(16)2-5-14(9)19-11-3-4-13(17)12(15)7-11;/h2-7,18H,8H2,1H3;1H. The highest BCUT2D eigenvalue weighted by Gasteiger charge is 2.08. The lowest BCUT2D eigenvalue weighted by molar-refractivity contribution is 0.470. The Morgan fingerprint density at radius 2 is 1.90 bits per heavy atom. The average Bonchev–Trinajstić information content (AvgIpc) is 2.37. The first kappa shape index (κ1) is 16.7. The third-order valence-corrected chi connectivity index (χ3v) is 2.80. The van der Waals surface area contributed by atoms with Gasteiger partial charge in [0.05, 0.1) is 5.02 Å². The second-order valence-electron chi connectivity index (χ2n) is 3.96. The summed E-state index contributed by atoms with van der Waals surface area (Å²) in [6.45, 7) is 0.460. The van der Waals surface area contributed by atoms with Crippen LogP contribution in [0.4, 0.5) is 8.78 Å². The van der Waals surface area contributed by atoms with Crippen LogP contribution in [0.3, 0.4) is 0 Å². The fourth-order valence-corrected chi connectivity index (χ4v) is 1.81. The van der Waals surface area contributed by atoms with E-state index in [9.17, 15) is 8.78 Å². The van der Waals surface area contributed by atoms with Gasteiger partial charge < -0.3 is 10.1 Å². The first-order valence-electron chi connectivity index (χ1n) is 5.66. The average molecular weight is 320 g/mol. The van der Waals surface area contributed by atoms with Crippen molar-refractivity contribution in [1.29, 1.82) is 0 Å².